The zero-order valence-electron chi connectivity index (χ0n) is 20.7. The van der Waals surface area contributed by atoms with Gasteiger partial charge in [0.1, 0.15) is 5.82 Å². The van der Waals surface area contributed by atoms with Crippen LogP contribution in [-0.4, -0.2) is 51.6 Å². The lowest BCUT2D eigenvalue weighted by molar-refractivity contribution is -0.125. The van der Waals surface area contributed by atoms with Gasteiger partial charge in [0.25, 0.3) is 0 Å². The number of carbonyl (C=O) groups is 2. The summed E-state index contributed by atoms with van der Waals surface area (Å²) in [5, 5.41) is 9.87. The van der Waals surface area contributed by atoms with Crippen LogP contribution in [0.25, 0.3) is 11.4 Å². The second-order valence-electron chi connectivity index (χ2n) is 11.6. The van der Waals surface area contributed by atoms with Crippen molar-refractivity contribution in [2.24, 2.45) is 17.8 Å². The van der Waals surface area contributed by atoms with Gasteiger partial charge in [0.05, 0.1) is 12.0 Å². The van der Waals surface area contributed by atoms with Gasteiger partial charge >= 0.3 is 6.03 Å². The topological polar surface area (TPSA) is 100 Å². The first kappa shape index (κ1) is 23.6. The average molecular weight is 496 g/mol. The lowest BCUT2D eigenvalue weighted by Crippen LogP contribution is -2.62. The smallest absolute Gasteiger partial charge is 0.321 e. The quantitative estimate of drug-likeness (QED) is 0.644. The second kappa shape index (κ2) is 9.25. The van der Waals surface area contributed by atoms with Crippen molar-refractivity contribution < 1.29 is 18.5 Å². The van der Waals surface area contributed by atoms with Crippen LogP contribution in [-0.2, 0) is 4.79 Å². The third-order valence-electron chi connectivity index (χ3n) is 8.91. The maximum Gasteiger partial charge on any atom is 0.321 e. The van der Waals surface area contributed by atoms with Gasteiger partial charge in [0.15, 0.2) is 0 Å². The van der Waals surface area contributed by atoms with E-state index in [4.69, 9.17) is 4.52 Å². The second-order valence-corrected chi connectivity index (χ2v) is 11.6. The van der Waals surface area contributed by atoms with Gasteiger partial charge in [-0.05, 0) is 94.7 Å². The van der Waals surface area contributed by atoms with Crippen LogP contribution in [0.2, 0.25) is 0 Å². The molecule has 0 radical (unpaired) electrons. The summed E-state index contributed by atoms with van der Waals surface area (Å²) < 4.78 is 19.1. The standard InChI is InChI=1S/C27H34FN5O3/c1-16(24(34)30-26(35)31-27-12-17-8-18(13-27)10-19(9-17)14-27)33-7-3-5-21(15-33)25-29-23(32-36-25)20-4-2-6-22(28)11-20/h2,4,6,11,16-19,21H,3,5,7-10,12-15H2,1H3,(H2,30,31,34,35). The molecule has 4 aliphatic carbocycles. The number of imide groups is 1. The largest absolute Gasteiger partial charge is 0.339 e. The Balaban J connectivity index is 1.05. The molecule has 1 aliphatic heterocycles. The first-order valence-corrected chi connectivity index (χ1v) is 13.3. The summed E-state index contributed by atoms with van der Waals surface area (Å²) in [4.78, 5) is 32.4. The Hall–Kier alpha value is -2.81. The molecule has 3 amide bonds. The fraction of sp³-hybridized carbons (Fsp3) is 0.630. The zero-order chi connectivity index (χ0) is 24.9. The highest BCUT2D eigenvalue weighted by Gasteiger charge is 2.51. The van der Waals surface area contributed by atoms with Crippen molar-refractivity contribution >= 4 is 11.9 Å². The molecule has 36 heavy (non-hydrogen) atoms. The Morgan fingerprint density at radius 3 is 2.58 bits per heavy atom. The predicted molar refractivity (Wildman–Crippen MR) is 130 cm³/mol. The fourth-order valence-electron chi connectivity index (χ4n) is 7.62. The highest BCUT2D eigenvalue weighted by molar-refractivity contribution is 5.97. The first-order valence-electron chi connectivity index (χ1n) is 13.3. The van der Waals surface area contributed by atoms with Crippen LogP contribution in [0.3, 0.4) is 0 Å². The summed E-state index contributed by atoms with van der Waals surface area (Å²) in [6.07, 6.45) is 8.79. The molecule has 7 rings (SSSR count). The number of benzene rings is 1. The number of rotatable bonds is 5. The van der Waals surface area contributed by atoms with Crippen LogP contribution in [0.1, 0.15) is 70.1 Å². The summed E-state index contributed by atoms with van der Waals surface area (Å²) in [5.74, 6) is 2.36. The summed E-state index contributed by atoms with van der Waals surface area (Å²) >= 11 is 0. The molecular weight excluding hydrogens is 461 g/mol. The van der Waals surface area contributed by atoms with E-state index in [-0.39, 0.29) is 29.2 Å². The van der Waals surface area contributed by atoms with Crippen LogP contribution in [0, 0.1) is 23.6 Å². The molecule has 2 heterocycles. The van der Waals surface area contributed by atoms with Crippen LogP contribution in [0.4, 0.5) is 9.18 Å². The molecule has 5 fully saturated rings. The third-order valence-corrected chi connectivity index (χ3v) is 8.91. The van der Waals surface area contributed by atoms with Crippen LogP contribution >= 0.6 is 0 Å². The number of nitrogens with one attached hydrogen (secondary N) is 2. The number of amides is 3. The van der Waals surface area contributed by atoms with Crippen molar-refractivity contribution in [3.05, 3.63) is 36.0 Å². The Labute approximate surface area is 210 Å². The predicted octanol–water partition coefficient (Wildman–Crippen LogP) is 4.24. The van der Waals surface area contributed by atoms with E-state index >= 15 is 0 Å². The minimum atomic E-state index is -0.458. The molecule has 4 bridgehead atoms. The van der Waals surface area contributed by atoms with Gasteiger partial charge in [-0.15, -0.1) is 0 Å². The number of nitrogens with zero attached hydrogens (tertiary/aromatic N) is 3. The van der Waals surface area contributed by atoms with Crippen LogP contribution in [0.5, 0.6) is 0 Å². The molecule has 2 unspecified atom stereocenters. The maximum absolute atomic E-state index is 13.6. The Morgan fingerprint density at radius 1 is 1.17 bits per heavy atom. The highest BCUT2D eigenvalue weighted by atomic mass is 19.1. The lowest BCUT2D eigenvalue weighted by atomic mass is 9.53. The van der Waals surface area contributed by atoms with E-state index in [0.29, 0.717) is 23.8 Å². The molecule has 4 saturated carbocycles. The van der Waals surface area contributed by atoms with Gasteiger partial charge in [-0.2, -0.15) is 4.98 Å². The van der Waals surface area contributed by atoms with Gasteiger partial charge in [0.2, 0.25) is 17.6 Å². The summed E-state index contributed by atoms with van der Waals surface area (Å²) in [7, 11) is 0. The van der Waals surface area contributed by atoms with Crippen LogP contribution in [0.15, 0.2) is 28.8 Å². The van der Waals surface area contributed by atoms with Crippen LogP contribution < -0.4 is 10.6 Å². The average Bonchev–Trinajstić information content (AvgIpc) is 3.33. The minimum absolute atomic E-state index is 0.0235. The molecule has 9 heteroatoms. The third kappa shape index (κ3) is 4.65. The summed E-state index contributed by atoms with van der Waals surface area (Å²) in [6, 6.07) is 5.29. The minimum Gasteiger partial charge on any atom is -0.339 e. The van der Waals surface area contributed by atoms with E-state index in [1.54, 1.807) is 12.1 Å². The molecule has 192 valence electrons. The van der Waals surface area contributed by atoms with Gasteiger partial charge in [-0.1, -0.05) is 17.3 Å². The summed E-state index contributed by atoms with van der Waals surface area (Å²) in [5.41, 5.74) is 0.436. The molecule has 2 N–H and O–H groups in total. The molecule has 1 saturated heterocycles. The molecule has 5 aliphatic rings. The van der Waals surface area contributed by atoms with Gasteiger partial charge in [0, 0.05) is 17.6 Å². The van der Waals surface area contributed by atoms with Gasteiger partial charge < -0.3 is 9.84 Å². The zero-order valence-corrected chi connectivity index (χ0v) is 20.7. The monoisotopic (exact) mass is 495 g/mol. The fourth-order valence-corrected chi connectivity index (χ4v) is 7.62. The molecular formula is C27H34FN5O3. The number of likely N-dealkylation sites (tertiary alicyclic amines) is 1. The van der Waals surface area contributed by atoms with E-state index < -0.39 is 6.04 Å². The van der Waals surface area contributed by atoms with Crippen molar-refractivity contribution in [2.75, 3.05) is 13.1 Å². The normalized spacial score (nSPS) is 32.3. The van der Waals surface area contributed by atoms with E-state index in [1.165, 1.54) is 31.4 Å². The van der Waals surface area contributed by atoms with Crippen molar-refractivity contribution in [1.29, 1.82) is 0 Å². The number of urea groups is 1. The van der Waals surface area contributed by atoms with Crippen molar-refractivity contribution in [1.82, 2.24) is 25.7 Å². The van der Waals surface area contributed by atoms with Gasteiger partial charge in [-0.3, -0.25) is 15.0 Å². The number of halogens is 1. The number of hydrogen-bond donors (Lipinski definition) is 2. The molecule has 1 aromatic heterocycles. The SMILES string of the molecule is CC(C(=O)NC(=O)NC12CC3CC(CC(C3)C1)C2)N1CCCC(c2nc(-c3cccc(F)c3)no2)C1. The summed E-state index contributed by atoms with van der Waals surface area (Å²) in [6.45, 7) is 3.17. The van der Waals surface area contributed by atoms with Gasteiger partial charge in [-0.25, -0.2) is 9.18 Å². The molecule has 2 atom stereocenters. The molecule has 0 spiro atoms. The lowest BCUT2D eigenvalue weighted by Gasteiger charge is -2.56. The molecule has 2 aromatic rings. The van der Waals surface area contributed by atoms with E-state index in [1.807, 2.05) is 6.92 Å². The Bertz CT molecular complexity index is 1110. The van der Waals surface area contributed by atoms with E-state index in [9.17, 15) is 14.0 Å². The number of hydrogen-bond acceptors (Lipinski definition) is 6. The Morgan fingerprint density at radius 2 is 1.89 bits per heavy atom. The van der Waals surface area contributed by atoms with E-state index in [2.05, 4.69) is 25.7 Å². The van der Waals surface area contributed by atoms with Crippen molar-refractivity contribution in [2.45, 2.75) is 75.8 Å². The molecule has 8 nitrogen and oxygen atoms in total. The highest BCUT2D eigenvalue weighted by Crippen LogP contribution is 2.55. The van der Waals surface area contributed by atoms with Crippen molar-refractivity contribution in [3.8, 4) is 11.4 Å². The number of carbonyl (C=O) groups excluding carboxylic acids is 2. The maximum atomic E-state index is 13.6. The number of piperidine rings is 1. The van der Waals surface area contributed by atoms with E-state index in [0.717, 1.165) is 56.4 Å². The first-order chi connectivity index (χ1) is 17.4. The van der Waals surface area contributed by atoms with Crippen molar-refractivity contribution in [3.63, 3.8) is 0 Å². The number of aromatic nitrogens is 2. The Kier molecular flexibility index (Phi) is 6.06. The molecule has 1 aromatic carbocycles.